The minimum atomic E-state index is -3.44. The van der Waals surface area contributed by atoms with Gasteiger partial charge >= 0.3 is 0 Å². The van der Waals surface area contributed by atoms with Crippen LogP contribution in [0.4, 0.5) is 0 Å². The maximum Gasteiger partial charge on any atom is 0.250 e. The van der Waals surface area contributed by atoms with Gasteiger partial charge in [0.1, 0.15) is 4.21 Å². The highest BCUT2D eigenvalue weighted by Crippen LogP contribution is 2.25. The Labute approximate surface area is 137 Å². The highest BCUT2D eigenvalue weighted by Gasteiger charge is 2.21. The van der Waals surface area contributed by atoms with Crippen molar-refractivity contribution in [2.45, 2.75) is 49.8 Å². The van der Waals surface area contributed by atoms with Crippen LogP contribution in [-0.4, -0.2) is 8.42 Å². The summed E-state index contributed by atoms with van der Waals surface area (Å²) in [5.41, 5.74) is 2.30. The van der Waals surface area contributed by atoms with Crippen molar-refractivity contribution in [3.8, 4) is 0 Å². The number of benzene rings is 1. The van der Waals surface area contributed by atoms with Gasteiger partial charge in [-0.15, -0.1) is 11.3 Å². The Hall–Kier alpha value is -1.17. The van der Waals surface area contributed by atoms with Crippen molar-refractivity contribution < 1.29 is 8.42 Å². The van der Waals surface area contributed by atoms with Crippen LogP contribution in [0.25, 0.3) is 0 Å². The quantitative estimate of drug-likeness (QED) is 0.796. The van der Waals surface area contributed by atoms with Crippen LogP contribution in [-0.2, 0) is 10.0 Å². The topological polar surface area (TPSA) is 46.2 Å². The minimum absolute atomic E-state index is 0.196. The molecule has 5 heteroatoms. The van der Waals surface area contributed by atoms with Gasteiger partial charge in [-0.25, -0.2) is 13.1 Å². The normalized spacial score (nSPS) is 14.7. The van der Waals surface area contributed by atoms with Gasteiger partial charge in [0.15, 0.2) is 0 Å². The molecule has 120 valence electrons. The number of thiophene rings is 1. The lowest BCUT2D eigenvalue weighted by Gasteiger charge is -2.18. The van der Waals surface area contributed by atoms with Gasteiger partial charge in [-0.2, -0.15) is 0 Å². The molecular formula is C17H23NO2S2. The third-order valence-corrected chi connectivity index (χ3v) is 6.85. The third kappa shape index (κ3) is 3.97. The molecule has 1 aromatic carbocycles. The molecule has 3 nitrogen and oxygen atoms in total. The van der Waals surface area contributed by atoms with Crippen molar-refractivity contribution in [2.75, 3.05) is 0 Å². The molecule has 2 rings (SSSR count). The van der Waals surface area contributed by atoms with E-state index in [0.717, 1.165) is 12.0 Å². The van der Waals surface area contributed by atoms with E-state index in [1.165, 1.54) is 16.9 Å². The lowest BCUT2D eigenvalue weighted by Crippen LogP contribution is -2.27. The Morgan fingerprint density at radius 2 is 1.68 bits per heavy atom. The van der Waals surface area contributed by atoms with Gasteiger partial charge in [0.2, 0.25) is 0 Å². The van der Waals surface area contributed by atoms with Crippen molar-refractivity contribution in [3.63, 3.8) is 0 Å². The molecule has 1 N–H and O–H groups in total. The first kappa shape index (κ1) is 17.2. The summed E-state index contributed by atoms with van der Waals surface area (Å²) in [6, 6.07) is 11.5. The monoisotopic (exact) mass is 337 g/mol. The van der Waals surface area contributed by atoms with Crippen molar-refractivity contribution in [2.24, 2.45) is 0 Å². The second-order valence-corrected chi connectivity index (χ2v) is 8.38. The summed E-state index contributed by atoms with van der Waals surface area (Å²) in [7, 11) is -3.44. The number of hydrogen-bond acceptors (Lipinski definition) is 3. The highest BCUT2D eigenvalue weighted by atomic mass is 32.2. The van der Waals surface area contributed by atoms with Crippen molar-refractivity contribution in [3.05, 3.63) is 52.9 Å². The van der Waals surface area contributed by atoms with E-state index in [9.17, 15) is 8.42 Å². The zero-order valence-electron chi connectivity index (χ0n) is 13.2. The molecule has 0 aliphatic heterocycles. The summed E-state index contributed by atoms with van der Waals surface area (Å²) in [6.07, 6.45) is 1.81. The standard InChI is InChI=1S/C17H23NO2S2/c1-4-13(3)14-8-10-15(11-9-14)16(5-2)18-22(19,20)17-7-6-12-21-17/h6-13,16,18H,4-5H2,1-3H3. The average Bonchev–Trinajstić information content (AvgIpc) is 3.07. The van der Waals surface area contributed by atoms with E-state index in [4.69, 9.17) is 0 Å². The first-order valence-electron chi connectivity index (χ1n) is 7.63. The summed E-state index contributed by atoms with van der Waals surface area (Å²) < 4.78 is 27.9. The molecule has 1 heterocycles. The smallest absolute Gasteiger partial charge is 0.206 e. The summed E-state index contributed by atoms with van der Waals surface area (Å²) >= 11 is 1.24. The largest absolute Gasteiger partial charge is 0.250 e. The van der Waals surface area contributed by atoms with Crippen LogP contribution in [0.2, 0.25) is 0 Å². The molecule has 0 fully saturated rings. The maximum atomic E-state index is 12.4. The Morgan fingerprint density at radius 1 is 1.05 bits per heavy atom. The molecule has 22 heavy (non-hydrogen) atoms. The highest BCUT2D eigenvalue weighted by molar-refractivity contribution is 7.91. The molecule has 1 aromatic heterocycles. The van der Waals surface area contributed by atoms with Crippen LogP contribution in [0.3, 0.4) is 0 Å². The first-order chi connectivity index (χ1) is 10.5. The molecule has 0 saturated heterocycles. The Balaban J connectivity index is 2.18. The SMILES string of the molecule is CCC(C)c1ccc(C(CC)NS(=O)(=O)c2cccs2)cc1. The summed E-state index contributed by atoms with van der Waals surface area (Å²) in [4.78, 5) is 0. The van der Waals surface area contributed by atoms with E-state index in [0.29, 0.717) is 16.5 Å². The van der Waals surface area contributed by atoms with Crippen LogP contribution in [0.15, 0.2) is 46.0 Å². The van der Waals surface area contributed by atoms with Gasteiger partial charge in [-0.1, -0.05) is 51.1 Å². The molecule has 0 amide bonds. The molecule has 2 unspecified atom stereocenters. The summed E-state index contributed by atoms with van der Waals surface area (Å²) in [6.45, 7) is 6.36. The summed E-state index contributed by atoms with van der Waals surface area (Å²) in [5.74, 6) is 0.525. The number of sulfonamides is 1. The molecular weight excluding hydrogens is 314 g/mol. The minimum Gasteiger partial charge on any atom is -0.206 e. The van der Waals surface area contributed by atoms with Crippen molar-refractivity contribution in [1.29, 1.82) is 0 Å². The van der Waals surface area contributed by atoms with Gasteiger partial charge in [-0.3, -0.25) is 0 Å². The van der Waals surface area contributed by atoms with Crippen LogP contribution in [0.5, 0.6) is 0 Å². The van der Waals surface area contributed by atoms with E-state index >= 15 is 0 Å². The molecule has 0 aliphatic carbocycles. The van der Waals surface area contributed by atoms with Crippen molar-refractivity contribution >= 4 is 21.4 Å². The fourth-order valence-electron chi connectivity index (χ4n) is 2.34. The Kier molecular flexibility index (Phi) is 5.78. The molecule has 0 bridgehead atoms. The van der Waals surface area contributed by atoms with Gasteiger partial charge < -0.3 is 0 Å². The van der Waals surface area contributed by atoms with Crippen molar-refractivity contribution in [1.82, 2.24) is 4.72 Å². The van der Waals surface area contributed by atoms with Crippen LogP contribution >= 0.6 is 11.3 Å². The third-order valence-electron chi connectivity index (χ3n) is 3.99. The van der Waals surface area contributed by atoms with Gasteiger partial charge in [0, 0.05) is 6.04 Å². The van der Waals surface area contributed by atoms with Gasteiger partial charge in [0.05, 0.1) is 0 Å². The Morgan fingerprint density at radius 3 is 2.18 bits per heavy atom. The van der Waals surface area contributed by atoms with E-state index in [-0.39, 0.29) is 6.04 Å². The van der Waals surface area contributed by atoms with Crippen LogP contribution in [0, 0.1) is 0 Å². The number of rotatable bonds is 7. The lowest BCUT2D eigenvalue weighted by atomic mass is 9.96. The molecule has 2 atom stereocenters. The Bertz CT molecular complexity index is 676. The second-order valence-electron chi connectivity index (χ2n) is 5.49. The first-order valence-corrected chi connectivity index (χ1v) is 10.00. The average molecular weight is 338 g/mol. The van der Waals surface area contributed by atoms with E-state index in [2.05, 4.69) is 30.7 Å². The predicted octanol–water partition coefficient (Wildman–Crippen LogP) is 4.69. The van der Waals surface area contributed by atoms with Crippen LogP contribution in [0.1, 0.15) is 56.7 Å². The lowest BCUT2D eigenvalue weighted by molar-refractivity contribution is 0.552. The van der Waals surface area contributed by atoms with E-state index in [1.807, 2.05) is 19.1 Å². The summed E-state index contributed by atoms with van der Waals surface area (Å²) in [5, 5.41) is 1.77. The zero-order valence-corrected chi connectivity index (χ0v) is 14.9. The van der Waals surface area contributed by atoms with Gasteiger partial charge in [-0.05, 0) is 41.3 Å². The van der Waals surface area contributed by atoms with Crippen LogP contribution < -0.4 is 4.72 Å². The molecule has 0 aliphatic rings. The fourth-order valence-corrected chi connectivity index (χ4v) is 4.66. The van der Waals surface area contributed by atoms with E-state index in [1.54, 1.807) is 17.5 Å². The fraction of sp³-hybridized carbons (Fsp3) is 0.412. The van der Waals surface area contributed by atoms with E-state index < -0.39 is 10.0 Å². The number of hydrogen-bond donors (Lipinski definition) is 1. The molecule has 0 saturated carbocycles. The predicted molar refractivity (Wildman–Crippen MR) is 92.8 cm³/mol. The maximum absolute atomic E-state index is 12.4. The molecule has 0 spiro atoms. The number of nitrogens with one attached hydrogen (secondary N) is 1. The van der Waals surface area contributed by atoms with Gasteiger partial charge in [0.25, 0.3) is 10.0 Å². The molecule has 0 radical (unpaired) electrons. The second kappa shape index (κ2) is 7.40. The molecule has 2 aromatic rings. The zero-order chi connectivity index (χ0) is 16.2.